The van der Waals surface area contributed by atoms with Crippen molar-refractivity contribution in [2.75, 3.05) is 12.2 Å². The van der Waals surface area contributed by atoms with E-state index in [1.54, 1.807) is 12.2 Å². The second-order valence-corrected chi connectivity index (χ2v) is 3.55. The van der Waals surface area contributed by atoms with Crippen LogP contribution < -0.4 is 5.06 Å². The number of hydroxylamine groups is 1. The zero-order valence-electron chi connectivity index (χ0n) is 8.12. The monoisotopic (exact) mass is 199 g/mol. The molecule has 0 amide bonds. The molecule has 0 aliphatic rings. The van der Waals surface area contributed by atoms with E-state index in [9.17, 15) is 0 Å². The molecule has 0 aliphatic carbocycles. The van der Waals surface area contributed by atoms with Gasteiger partial charge in [0.25, 0.3) is 0 Å². The Kier molecular flexibility index (Phi) is 3.58. The Morgan fingerprint density at radius 1 is 1.46 bits per heavy atom. The van der Waals surface area contributed by atoms with E-state index in [0.29, 0.717) is 0 Å². The van der Waals surface area contributed by atoms with E-state index in [1.807, 2.05) is 38.1 Å². The molecule has 0 radical (unpaired) electrons. The summed E-state index contributed by atoms with van der Waals surface area (Å²) in [5, 5.41) is 1.66. The Labute approximate surface area is 84.0 Å². The number of alkyl halides is 1. The summed E-state index contributed by atoms with van der Waals surface area (Å²) < 4.78 is 0. The van der Waals surface area contributed by atoms with Crippen LogP contribution in [0.3, 0.4) is 0 Å². The third-order valence-corrected chi connectivity index (χ3v) is 1.95. The number of hydrogen-bond acceptors (Lipinski definition) is 2. The molecule has 72 valence electrons. The fourth-order valence-electron chi connectivity index (χ4n) is 1.22. The van der Waals surface area contributed by atoms with Crippen molar-refractivity contribution < 1.29 is 4.84 Å². The molecule has 13 heavy (non-hydrogen) atoms. The van der Waals surface area contributed by atoms with Crippen LogP contribution >= 0.6 is 11.6 Å². The number of nitrogens with zero attached hydrogens (tertiary/aromatic N) is 1. The van der Waals surface area contributed by atoms with Gasteiger partial charge in [0, 0.05) is 0 Å². The lowest BCUT2D eigenvalue weighted by Gasteiger charge is -2.24. The lowest BCUT2D eigenvalue weighted by molar-refractivity contribution is 0.162. The van der Waals surface area contributed by atoms with Crippen LogP contribution in [-0.4, -0.2) is 12.6 Å². The molecule has 2 nitrogen and oxygen atoms in total. The maximum absolute atomic E-state index is 5.93. The van der Waals surface area contributed by atoms with Crippen LogP contribution in [0.1, 0.15) is 12.5 Å². The summed E-state index contributed by atoms with van der Waals surface area (Å²) in [5.74, 6) is 0. The average molecular weight is 200 g/mol. The Bertz CT molecular complexity index is 275. The molecule has 0 saturated carbocycles. The van der Waals surface area contributed by atoms with Crippen LogP contribution in [-0.2, 0) is 4.84 Å². The van der Waals surface area contributed by atoms with E-state index in [2.05, 4.69) is 0 Å². The van der Waals surface area contributed by atoms with E-state index in [-0.39, 0.29) is 5.50 Å². The summed E-state index contributed by atoms with van der Waals surface area (Å²) in [6, 6.07) is 8.02. The number of rotatable bonds is 3. The molecular formula is C10H14ClNO. The van der Waals surface area contributed by atoms with Gasteiger partial charge in [-0.3, -0.25) is 4.84 Å². The first kappa shape index (κ1) is 10.4. The summed E-state index contributed by atoms with van der Waals surface area (Å²) in [6.45, 7) is 3.91. The highest BCUT2D eigenvalue weighted by molar-refractivity contribution is 6.21. The quantitative estimate of drug-likeness (QED) is 0.422. The molecule has 1 aromatic carbocycles. The minimum absolute atomic E-state index is 0.174. The van der Waals surface area contributed by atoms with Gasteiger partial charge in [-0.25, -0.2) is 5.06 Å². The molecule has 1 unspecified atom stereocenters. The highest BCUT2D eigenvalue weighted by Crippen LogP contribution is 2.19. The van der Waals surface area contributed by atoms with Crippen LogP contribution in [0.4, 0.5) is 5.69 Å². The summed E-state index contributed by atoms with van der Waals surface area (Å²) in [5.41, 5.74) is 1.99. The van der Waals surface area contributed by atoms with Crippen LogP contribution in [0.5, 0.6) is 0 Å². The Balaban J connectivity index is 2.91. The van der Waals surface area contributed by atoms with Crippen molar-refractivity contribution in [3.63, 3.8) is 0 Å². The molecule has 0 bridgehead atoms. The second-order valence-electron chi connectivity index (χ2n) is 2.92. The van der Waals surface area contributed by atoms with E-state index in [0.717, 1.165) is 5.69 Å². The first-order valence-corrected chi connectivity index (χ1v) is 4.63. The van der Waals surface area contributed by atoms with Gasteiger partial charge in [-0.15, -0.1) is 0 Å². The molecule has 0 heterocycles. The van der Waals surface area contributed by atoms with Crippen LogP contribution in [0.15, 0.2) is 24.3 Å². The lowest BCUT2D eigenvalue weighted by Crippen LogP contribution is -2.27. The minimum atomic E-state index is -0.174. The van der Waals surface area contributed by atoms with Gasteiger partial charge in [0.1, 0.15) is 5.50 Å². The maximum atomic E-state index is 5.93. The summed E-state index contributed by atoms with van der Waals surface area (Å²) in [4.78, 5) is 5.15. The van der Waals surface area contributed by atoms with Crippen molar-refractivity contribution in [2.45, 2.75) is 19.3 Å². The summed E-state index contributed by atoms with van der Waals surface area (Å²) in [7, 11) is 1.61. The van der Waals surface area contributed by atoms with Gasteiger partial charge in [0.05, 0.1) is 12.8 Å². The molecule has 0 spiro atoms. The van der Waals surface area contributed by atoms with E-state index in [4.69, 9.17) is 16.4 Å². The molecule has 0 aliphatic heterocycles. The third kappa shape index (κ3) is 2.61. The maximum Gasteiger partial charge on any atom is 0.127 e. The van der Waals surface area contributed by atoms with Gasteiger partial charge in [-0.05, 0) is 31.5 Å². The number of anilines is 1. The van der Waals surface area contributed by atoms with Gasteiger partial charge in [-0.2, -0.15) is 0 Å². The zero-order chi connectivity index (χ0) is 9.84. The molecular weight excluding hydrogens is 186 g/mol. The first-order chi connectivity index (χ1) is 6.15. The van der Waals surface area contributed by atoms with Crippen molar-refractivity contribution >= 4 is 17.3 Å². The Hall–Kier alpha value is -0.730. The van der Waals surface area contributed by atoms with Gasteiger partial charge in [0.2, 0.25) is 0 Å². The predicted molar refractivity (Wildman–Crippen MR) is 56.0 cm³/mol. The highest BCUT2D eigenvalue weighted by atomic mass is 35.5. The van der Waals surface area contributed by atoms with Crippen molar-refractivity contribution in [3.8, 4) is 0 Å². The van der Waals surface area contributed by atoms with Gasteiger partial charge < -0.3 is 0 Å². The zero-order valence-corrected chi connectivity index (χ0v) is 8.88. The van der Waals surface area contributed by atoms with E-state index < -0.39 is 0 Å². The molecule has 1 rings (SSSR count). The second kappa shape index (κ2) is 4.49. The fraction of sp³-hybridized carbons (Fsp3) is 0.400. The van der Waals surface area contributed by atoms with Crippen molar-refractivity contribution in [1.82, 2.24) is 0 Å². The molecule has 0 fully saturated rings. The van der Waals surface area contributed by atoms with Crippen LogP contribution in [0, 0.1) is 6.92 Å². The van der Waals surface area contributed by atoms with Gasteiger partial charge >= 0.3 is 0 Å². The molecule has 0 aromatic heterocycles. The normalized spacial score (nSPS) is 12.6. The minimum Gasteiger partial charge on any atom is -0.275 e. The van der Waals surface area contributed by atoms with Crippen molar-refractivity contribution in [1.29, 1.82) is 0 Å². The number of aryl methyl sites for hydroxylation is 1. The van der Waals surface area contributed by atoms with Gasteiger partial charge in [0.15, 0.2) is 0 Å². The Morgan fingerprint density at radius 3 is 2.62 bits per heavy atom. The van der Waals surface area contributed by atoms with E-state index >= 15 is 0 Å². The average Bonchev–Trinajstić information content (AvgIpc) is 2.04. The fourth-order valence-corrected chi connectivity index (χ4v) is 1.41. The number of hydrogen-bond donors (Lipinski definition) is 0. The molecule has 1 aromatic rings. The number of benzene rings is 1. The molecule has 3 heteroatoms. The number of halogens is 1. The van der Waals surface area contributed by atoms with Crippen molar-refractivity contribution in [3.05, 3.63) is 29.8 Å². The molecule has 0 N–H and O–H groups in total. The van der Waals surface area contributed by atoms with E-state index in [1.165, 1.54) is 5.56 Å². The van der Waals surface area contributed by atoms with Crippen LogP contribution in [0.25, 0.3) is 0 Å². The SMILES string of the molecule is CON(c1cccc(C)c1)C(C)Cl. The summed E-state index contributed by atoms with van der Waals surface area (Å²) >= 11 is 5.93. The Morgan fingerprint density at radius 2 is 2.15 bits per heavy atom. The topological polar surface area (TPSA) is 12.5 Å². The van der Waals surface area contributed by atoms with Crippen molar-refractivity contribution in [2.24, 2.45) is 0 Å². The lowest BCUT2D eigenvalue weighted by atomic mass is 10.2. The standard InChI is InChI=1S/C10H14ClNO/c1-8-5-4-6-10(7-8)12(13-3)9(2)11/h4-7,9H,1-3H3. The first-order valence-electron chi connectivity index (χ1n) is 4.19. The smallest absolute Gasteiger partial charge is 0.127 e. The predicted octanol–water partition coefficient (Wildman–Crippen LogP) is 2.95. The largest absolute Gasteiger partial charge is 0.275 e. The highest BCUT2D eigenvalue weighted by Gasteiger charge is 2.10. The molecule has 1 atom stereocenters. The third-order valence-electron chi connectivity index (χ3n) is 1.78. The summed E-state index contributed by atoms with van der Waals surface area (Å²) in [6.07, 6.45) is 0. The van der Waals surface area contributed by atoms with Gasteiger partial charge in [-0.1, -0.05) is 23.7 Å². The van der Waals surface area contributed by atoms with Crippen LogP contribution in [0.2, 0.25) is 0 Å². The molecule has 0 saturated heterocycles.